The number of carboxylic acids is 1. The van der Waals surface area contributed by atoms with E-state index in [0.29, 0.717) is 35.5 Å². The van der Waals surface area contributed by atoms with E-state index < -0.39 is 144 Å². The number of fused-ring (bicyclic) bond motifs is 1. The first kappa shape index (κ1) is 64.5. The Morgan fingerprint density at radius 3 is 2.19 bits per heavy atom. The third-order valence-corrected chi connectivity index (χ3v) is 17.1. The standard InChI is InChI=1S/C37H67NO13.C14H20N6O5S/c1-14-25-37(10,45)30(41)20(4)27(39)18(2)16-35(8,44)32(51-34-28(40)24(38(11)12)15-19(3)47-34)21(5)29(22(6)33(43)49-25)50-26-17-36(9,46-13)31(42)23(7)48-26;15-6(14(23)24)1-2-26-3-7-9(21)10(22)13(25-7)20-5-19-8-11(16)17-4-18-12(8)20/h18-26,28-32,34,40-42,44-45H,14-17H2,1-13H3;4-7,9-10,13,21-22H,1-3,15H2,(H,23,24)(H2,16,17,18)/t18-,19-,20+,21+,22-,23+,24+,25-,26+,28-,29+,30-,31+,32-,34+,35-,36-,37-;6-,7+,9+,10+,13+/m10/s1. The van der Waals surface area contributed by atoms with Crippen molar-refractivity contribution in [2.24, 2.45) is 29.4 Å². The Labute approximate surface area is 454 Å². The Hall–Kier alpha value is -3.29. The third kappa shape index (κ3) is 14.6. The second kappa shape index (κ2) is 26.5. The normalized spacial score (nSPS) is 42.1. The van der Waals surface area contributed by atoms with Crippen LogP contribution in [0.4, 0.5) is 5.82 Å². The number of ketones is 1. The van der Waals surface area contributed by atoms with E-state index in [1.807, 2.05) is 25.9 Å². The molecule has 0 saturated carbocycles. The maximum absolute atomic E-state index is 14.1. The number of anilines is 1. The van der Waals surface area contributed by atoms with Crippen LogP contribution in [0.3, 0.4) is 0 Å². The number of aromatic nitrogens is 4. The van der Waals surface area contributed by atoms with Crippen molar-refractivity contribution in [3.8, 4) is 0 Å². The van der Waals surface area contributed by atoms with E-state index >= 15 is 0 Å². The number of imidazole rings is 1. The summed E-state index contributed by atoms with van der Waals surface area (Å²) < 4.78 is 44.3. The van der Waals surface area contributed by atoms with Crippen LogP contribution >= 0.6 is 11.8 Å². The first-order chi connectivity index (χ1) is 35.8. The molecule has 0 aromatic carbocycles. The molecule has 6 heterocycles. The number of aliphatic carboxylic acids is 1. The Kier molecular flexibility index (Phi) is 22.2. The number of aliphatic hydroxyl groups is 7. The van der Waals surface area contributed by atoms with Crippen LogP contribution in [0.15, 0.2) is 12.7 Å². The fraction of sp³-hybridized carbons (Fsp3) is 0.843. The number of aliphatic hydroxyl groups excluding tert-OH is 5. The lowest BCUT2D eigenvalue weighted by Gasteiger charge is -2.49. The molecule has 4 aliphatic heterocycles. The summed E-state index contributed by atoms with van der Waals surface area (Å²) in [7, 11) is 5.18. The van der Waals surface area contributed by atoms with Gasteiger partial charge in [-0.25, -0.2) is 15.0 Å². The molecule has 0 bridgehead atoms. The zero-order valence-electron chi connectivity index (χ0n) is 46.6. The number of thioether (sulfide) groups is 1. The number of nitrogens with two attached hydrogens (primary N) is 2. The second-order valence-electron chi connectivity index (χ2n) is 22.4. The highest BCUT2D eigenvalue weighted by molar-refractivity contribution is 7.99. The van der Waals surface area contributed by atoms with Gasteiger partial charge in [0.1, 0.15) is 59.8 Å². The molecule has 0 amide bonds. The molecule has 6 rings (SSSR count). The number of rotatable bonds is 14. The van der Waals surface area contributed by atoms with Gasteiger partial charge in [0.25, 0.3) is 0 Å². The first-order valence-electron chi connectivity index (χ1n) is 26.4. The van der Waals surface area contributed by atoms with Crippen LogP contribution in [0, 0.1) is 23.7 Å². The van der Waals surface area contributed by atoms with Gasteiger partial charge in [0.2, 0.25) is 0 Å². The molecule has 0 unspecified atom stereocenters. The molecule has 2 aromatic rings. The molecule has 4 aliphatic rings. The average molecular weight is 1120 g/mol. The quantitative estimate of drug-likeness (QED) is 0.0901. The molecule has 77 heavy (non-hydrogen) atoms. The molecule has 25 nitrogen and oxygen atoms in total. The molecular formula is C51H87N7O18S. The number of cyclic esters (lactones) is 1. The van der Waals surface area contributed by atoms with Gasteiger partial charge in [0.15, 0.2) is 30.3 Å². The van der Waals surface area contributed by atoms with Gasteiger partial charge >= 0.3 is 11.9 Å². The molecule has 12 N–H and O–H groups in total. The topological polar surface area (TPSA) is 377 Å². The number of hydrogen-bond donors (Lipinski definition) is 10. The summed E-state index contributed by atoms with van der Waals surface area (Å²) in [6, 6.07) is -1.24. The molecule has 23 atom stereocenters. The zero-order chi connectivity index (χ0) is 57.8. The molecule has 4 fully saturated rings. The van der Waals surface area contributed by atoms with Crippen molar-refractivity contribution in [3.63, 3.8) is 0 Å². The summed E-state index contributed by atoms with van der Waals surface area (Å²) in [5.41, 5.74) is 7.14. The van der Waals surface area contributed by atoms with E-state index in [-0.39, 0.29) is 37.2 Å². The van der Waals surface area contributed by atoms with Crippen molar-refractivity contribution in [1.29, 1.82) is 0 Å². The van der Waals surface area contributed by atoms with Crippen LogP contribution in [0.5, 0.6) is 0 Å². The van der Waals surface area contributed by atoms with Crippen LogP contribution in [-0.2, 0) is 47.5 Å². The number of carbonyl (C=O) groups is 3. The van der Waals surface area contributed by atoms with Gasteiger partial charge in [-0.1, -0.05) is 27.7 Å². The Balaban J connectivity index is 0.000000349. The molecule has 4 saturated heterocycles. The van der Waals surface area contributed by atoms with Gasteiger partial charge in [-0.05, 0) is 87.1 Å². The minimum Gasteiger partial charge on any atom is -0.480 e. The lowest BCUT2D eigenvalue weighted by Crippen LogP contribution is -2.61. The van der Waals surface area contributed by atoms with E-state index in [1.165, 1.54) is 56.9 Å². The molecule has 440 valence electrons. The van der Waals surface area contributed by atoms with E-state index in [1.54, 1.807) is 41.5 Å². The van der Waals surface area contributed by atoms with Gasteiger partial charge in [-0.2, -0.15) is 11.8 Å². The largest absolute Gasteiger partial charge is 0.480 e. The van der Waals surface area contributed by atoms with Crippen LogP contribution in [0.25, 0.3) is 11.2 Å². The fourth-order valence-corrected chi connectivity index (χ4v) is 12.2. The van der Waals surface area contributed by atoms with Gasteiger partial charge < -0.3 is 90.4 Å². The van der Waals surface area contributed by atoms with Crippen LogP contribution in [0.2, 0.25) is 0 Å². The van der Waals surface area contributed by atoms with E-state index in [9.17, 15) is 50.1 Å². The van der Waals surface area contributed by atoms with Crippen molar-refractivity contribution in [3.05, 3.63) is 12.7 Å². The molecule has 2 aromatic heterocycles. The minimum atomic E-state index is -1.99. The number of hydrogen-bond acceptors (Lipinski definition) is 24. The number of carbonyl (C=O) groups excluding carboxylic acids is 2. The SMILES string of the molecule is CC[C@H]1OC(=O)[C@H](C)[C@@H](O[C@H]2C[C@@](C)(OC)[C@@H](O)[C@H](C)O2)[C@H](C)[C@@H](O[C@@H]2O[C@H](C)C[C@H](N(C)C)[C@H]2O)[C@](C)(O)C[C@@H](C)C(=O)[C@H](C)[C@@H](O)[C@]1(C)O.Nc1ncnc2c1ncn2[C@@H]1O[C@H](CSCC[C@H](N)C(=O)O)[C@@H](O)[C@H]1O. The highest BCUT2D eigenvalue weighted by Crippen LogP contribution is 2.41. The van der Waals surface area contributed by atoms with Crippen LogP contribution in [-0.4, -0.2) is 224 Å². The van der Waals surface area contributed by atoms with Gasteiger partial charge in [-0.15, -0.1) is 0 Å². The first-order valence-corrected chi connectivity index (χ1v) is 27.6. The smallest absolute Gasteiger partial charge is 0.320 e. The third-order valence-electron chi connectivity index (χ3n) is 16.0. The number of Topliss-reactive ketones (excluding diaryl/α,β-unsaturated/α-hetero) is 1. The van der Waals surface area contributed by atoms with Crippen LogP contribution < -0.4 is 11.5 Å². The zero-order valence-corrected chi connectivity index (χ0v) is 47.4. The van der Waals surface area contributed by atoms with Crippen molar-refractivity contribution in [2.75, 3.05) is 38.4 Å². The summed E-state index contributed by atoms with van der Waals surface area (Å²) in [4.78, 5) is 52.5. The average Bonchev–Trinajstić information content (AvgIpc) is 3.93. The minimum absolute atomic E-state index is 0.0936. The number of carboxylic acid groups (broad SMARTS) is 1. The summed E-state index contributed by atoms with van der Waals surface area (Å²) in [6.07, 6.45) is -10.5. The molecule has 0 spiro atoms. The van der Waals surface area contributed by atoms with Gasteiger partial charge in [0, 0.05) is 43.1 Å². The van der Waals surface area contributed by atoms with E-state index in [4.69, 9.17) is 49.7 Å². The van der Waals surface area contributed by atoms with Crippen molar-refractivity contribution in [1.82, 2.24) is 24.4 Å². The van der Waals surface area contributed by atoms with E-state index in [0.717, 1.165) is 0 Å². The van der Waals surface area contributed by atoms with Crippen molar-refractivity contribution in [2.45, 2.75) is 216 Å². The number of nitrogens with zero attached hydrogens (tertiary/aromatic N) is 5. The molecule has 26 heteroatoms. The number of ether oxygens (including phenoxy) is 7. The molecule has 0 radical (unpaired) electrons. The maximum atomic E-state index is 14.1. The summed E-state index contributed by atoms with van der Waals surface area (Å²) in [5.74, 6) is -4.94. The number of likely N-dealkylation sites (N-methyl/N-ethyl adjacent to an activating group) is 1. The van der Waals surface area contributed by atoms with E-state index in [2.05, 4.69) is 15.0 Å². The highest BCUT2D eigenvalue weighted by atomic mass is 32.2. The number of methoxy groups -OCH3 is 1. The monoisotopic (exact) mass is 1120 g/mol. The molecule has 0 aliphatic carbocycles. The summed E-state index contributed by atoms with van der Waals surface area (Å²) in [5, 5.41) is 87.0. The highest BCUT2D eigenvalue weighted by Gasteiger charge is 2.54. The maximum Gasteiger partial charge on any atom is 0.320 e. The second-order valence-corrected chi connectivity index (χ2v) is 23.6. The molecular weight excluding hydrogens is 1030 g/mol. The number of esters is 1. The number of nitrogen functional groups attached to an aromatic ring is 1. The Bertz CT molecular complexity index is 2260. The fourth-order valence-electron chi connectivity index (χ4n) is 11.1. The van der Waals surface area contributed by atoms with Crippen molar-refractivity contribution >= 4 is 46.5 Å². The predicted octanol–water partition coefficient (Wildman–Crippen LogP) is 0.349. The van der Waals surface area contributed by atoms with Gasteiger partial charge in [-0.3, -0.25) is 19.0 Å². The predicted molar refractivity (Wildman–Crippen MR) is 279 cm³/mol. The van der Waals surface area contributed by atoms with Gasteiger partial charge in [0.05, 0.1) is 60.1 Å². The summed E-state index contributed by atoms with van der Waals surface area (Å²) >= 11 is 1.40. The van der Waals surface area contributed by atoms with Crippen LogP contribution in [0.1, 0.15) is 108 Å². The Morgan fingerprint density at radius 2 is 1.58 bits per heavy atom. The Morgan fingerprint density at radius 1 is 0.922 bits per heavy atom. The summed E-state index contributed by atoms with van der Waals surface area (Å²) in [6.45, 7) is 16.3. The lowest BCUT2D eigenvalue weighted by atomic mass is 9.74. The van der Waals surface area contributed by atoms with Crippen molar-refractivity contribution < 1.29 is 88.4 Å². The lowest BCUT2D eigenvalue weighted by molar-refractivity contribution is -0.318.